The van der Waals surface area contributed by atoms with Crippen molar-refractivity contribution in [1.29, 1.82) is 0 Å². The fourth-order valence-corrected chi connectivity index (χ4v) is 2.84. The molecule has 1 heterocycles. The Bertz CT molecular complexity index is 364. The molecule has 0 spiro atoms. The van der Waals surface area contributed by atoms with Crippen molar-refractivity contribution in [2.45, 2.75) is 57.7 Å². The Morgan fingerprint density at radius 2 is 1.95 bits per heavy atom. The van der Waals surface area contributed by atoms with Crippen molar-refractivity contribution in [3.8, 4) is 5.88 Å². The summed E-state index contributed by atoms with van der Waals surface area (Å²) in [5, 5.41) is 0. The minimum Gasteiger partial charge on any atom is -0.477 e. The molecule has 0 bridgehead atoms. The number of alkyl halides is 1. The molecule has 0 amide bonds. The zero-order valence-electron chi connectivity index (χ0n) is 11.8. The van der Waals surface area contributed by atoms with E-state index in [0.717, 1.165) is 30.2 Å². The van der Waals surface area contributed by atoms with Gasteiger partial charge >= 0.3 is 0 Å². The monoisotopic (exact) mass is 281 g/mol. The van der Waals surface area contributed by atoms with Gasteiger partial charge in [-0.25, -0.2) is 4.98 Å². The van der Waals surface area contributed by atoms with Crippen LogP contribution in [-0.2, 0) is 12.3 Å². The van der Waals surface area contributed by atoms with E-state index >= 15 is 0 Å². The maximum absolute atomic E-state index is 5.92. The van der Waals surface area contributed by atoms with Gasteiger partial charge in [-0.2, -0.15) is 0 Å². The highest BCUT2D eigenvalue weighted by atomic mass is 35.5. The summed E-state index contributed by atoms with van der Waals surface area (Å²) < 4.78 is 5.92. The lowest BCUT2D eigenvalue weighted by Crippen LogP contribution is -2.12. The van der Waals surface area contributed by atoms with E-state index in [2.05, 4.69) is 18.0 Å². The Balaban J connectivity index is 1.94. The van der Waals surface area contributed by atoms with Crippen LogP contribution in [0.3, 0.4) is 0 Å². The van der Waals surface area contributed by atoms with E-state index in [0.29, 0.717) is 11.8 Å². The molecule has 0 unspecified atom stereocenters. The number of aromatic nitrogens is 1. The van der Waals surface area contributed by atoms with Crippen LogP contribution in [0.15, 0.2) is 12.1 Å². The Morgan fingerprint density at radius 1 is 1.21 bits per heavy atom. The predicted octanol–water partition coefficient (Wildman–Crippen LogP) is 4.73. The summed E-state index contributed by atoms with van der Waals surface area (Å²) in [6.07, 6.45) is 9.00. The standard InChI is InChI=1S/C16H24ClNO/c1-2-15-9-14(11-17)10-16(18-15)19-12-13-7-5-3-4-6-8-13/h9-10,13H,2-8,11-12H2,1H3. The summed E-state index contributed by atoms with van der Waals surface area (Å²) in [7, 11) is 0. The molecule has 2 rings (SSSR count). The molecule has 0 radical (unpaired) electrons. The van der Waals surface area contributed by atoms with Gasteiger partial charge in [0, 0.05) is 17.6 Å². The molecule has 0 aliphatic heterocycles. The molecule has 1 aliphatic rings. The summed E-state index contributed by atoms with van der Waals surface area (Å²) in [4.78, 5) is 4.53. The summed E-state index contributed by atoms with van der Waals surface area (Å²) in [6.45, 7) is 2.91. The highest BCUT2D eigenvalue weighted by Crippen LogP contribution is 2.24. The van der Waals surface area contributed by atoms with Crippen LogP contribution < -0.4 is 4.74 Å². The van der Waals surface area contributed by atoms with Crippen molar-refractivity contribution >= 4 is 11.6 Å². The van der Waals surface area contributed by atoms with Crippen LogP contribution in [0.5, 0.6) is 5.88 Å². The molecule has 19 heavy (non-hydrogen) atoms. The van der Waals surface area contributed by atoms with Crippen LogP contribution in [0.2, 0.25) is 0 Å². The van der Waals surface area contributed by atoms with Gasteiger partial charge in [-0.05, 0) is 36.8 Å². The molecular weight excluding hydrogens is 258 g/mol. The molecule has 1 fully saturated rings. The van der Waals surface area contributed by atoms with Crippen molar-refractivity contribution < 1.29 is 4.74 Å². The Morgan fingerprint density at radius 3 is 2.58 bits per heavy atom. The van der Waals surface area contributed by atoms with E-state index < -0.39 is 0 Å². The SMILES string of the molecule is CCc1cc(CCl)cc(OCC2CCCCCC2)n1. The predicted molar refractivity (Wildman–Crippen MR) is 79.9 cm³/mol. The number of aryl methyl sites for hydroxylation is 1. The van der Waals surface area contributed by atoms with Gasteiger partial charge in [-0.1, -0.05) is 32.6 Å². The molecule has 3 heteroatoms. The topological polar surface area (TPSA) is 22.1 Å². The van der Waals surface area contributed by atoms with Crippen LogP contribution >= 0.6 is 11.6 Å². The fraction of sp³-hybridized carbons (Fsp3) is 0.688. The van der Waals surface area contributed by atoms with Crippen molar-refractivity contribution in [3.63, 3.8) is 0 Å². The molecule has 1 aromatic rings. The van der Waals surface area contributed by atoms with Gasteiger partial charge in [-0.3, -0.25) is 0 Å². The van der Waals surface area contributed by atoms with Crippen LogP contribution in [0.1, 0.15) is 56.7 Å². The lowest BCUT2D eigenvalue weighted by atomic mass is 10.0. The van der Waals surface area contributed by atoms with Gasteiger partial charge in [0.2, 0.25) is 5.88 Å². The zero-order chi connectivity index (χ0) is 13.5. The number of halogens is 1. The molecule has 0 saturated heterocycles. The quantitative estimate of drug-likeness (QED) is 0.575. The van der Waals surface area contributed by atoms with Gasteiger partial charge in [0.1, 0.15) is 0 Å². The van der Waals surface area contributed by atoms with Crippen molar-refractivity contribution in [1.82, 2.24) is 4.98 Å². The fourth-order valence-electron chi connectivity index (χ4n) is 2.69. The number of rotatable bonds is 5. The number of hydrogen-bond acceptors (Lipinski definition) is 2. The van der Waals surface area contributed by atoms with Gasteiger partial charge in [0.05, 0.1) is 6.61 Å². The molecule has 0 N–H and O–H groups in total. The minimum absolute atomic E-state index is 0.523. The van der Waals surface area contributed by atoms with Gasteiger partial charge in [0.15, 0.2) is 0 Å². The highest BCUT2D eigenvalue weighted by Gasteiger charge is 2.13. The van der Waals surface area contributed by atoms with Crippen LogP contribution in [0.4, 0.5) is 0 Å². The van der Waals surface area contributed by atoms with Crippen LogP contribution in [0, 0.1) is 5.92 Å². The molecule has 0 aromatic carbocycles. The normalized spacial score (nSPS) is 17.2. The van der Waals surface area contributed by atoms with Crippen molar-refractivity contribution in [3.05, 3.63) is 23.4 Å². The van der Waals surface area contributed by atoms with Gasteiger partial charge < -0.3 is 4.74 Å². The maximum Gasteiger partial charge on any atom is 0.213 e. The first-order chi connectivity index (χ1) is 9.31. The minimum atomic E-state index is 0.523. The van der Waals surface area contributed by atoms with Gasteiger partial charge in [0.25, 0.3) is 0 Å². The van der Waals surface area contributed by atoms with E-state index in [1.165, 1.54) is 38.5 Å². The molecule has 1 aliphatic carbocycles. The second-order valence-corrected chi connectivity index (χ2v) is 5.73. The summed E-state index contributed by atoms with van der Waals surface area (Å²) in [6, 6.07) is 4.04. The second-order valence-electron chi connectivity index (χ2n) is 5.46. The molecule has 0 atom stereocenters. The highest BCUT2D eigenvalue weighted by molar-refractivity contribution is 6.17. The van der Waals surface area contributed by atoms with E-state index in [1.54, 1.807) is 0 Å². The molecular formula is C16H24ClNO. The Kier molecular flexibility index (Phi) is 5.96. The lowest BCUT2D eigenvalue weighted by Gasteiger charge is -2.15. The molecule has 1 saturated carbocycles. The number of pyridine rings is 1. The van der Waals surface area contributed by atoms with E-state index in [1.807, 2.05) is 6.07 Å². The molecule has 2 nitrogen and oxygen atoms in total. The second kappa shape index (κ2) is 7.74. The van der Waals surface area contributed by atoms with E-state index in [4.69, 9.17) is 16.3 Å². The lowest BCUT2D eigenvalue weighted by molar-refractivity contribution is 0.225. The summed E-state index contributed by atoms with van der Waals surface area (Å²) in [5.74, 6) is 1.98. The third-order valence-corrected chi connectivity index (χ3v) is 4.18. The molecule has 1 aromatic heterocycles. The Labute approximate surface area is 121 Å². The first-order valence-corrected chi connectivity index (χ1v) is 8.04. The number of hydrogen-bond donors (Lipinski definition) is 0. The maximum atomic E-state index is 5.92. The largest absolute Gasteiger partial charge is 0.477 e. The summed E-state index contributed by atoms with van der Waals surface area (Å²) >= 11 is 5.91. The first kappa shape index (κ1) is 14.6. The Hall–Kier alpha value is -0.760. The van der Waals surface area contributed by atoms with Gasteiger partial charge in [-0.15, -0.1) is 11.6 Å². The van der Waals surface area contributed by atoms with Crippen molar-refractivity contribution in [2.24, 2.45) is 5.92 Å². The van der Waals surface area contributed by atoms with E-state index in [-0.39, 0.29) is 0 Å². The summed E-state index contributed by atoms with van der Waals surface area (Å²) in [5.41, 5.74) is 2.17. The number of ether oxygens (including phenoxy) is 1. The number of nitrogens with zero attached hydrogens (tertiary/aromatic N) is 1. The third kappa shape index (κ3) is 4.68. The zero-order valence-corrected chi connectivity index (χ0v) is 12.6. The van der Waals surface area contributed by atoms with Crippen molar-refractivity contribution in [2.75, 3.05) is 6.61 Å². The van der Waals surface area contributed by atoms with Crippen LogP contribution in [0.25, 0.3) is 0 Å². The van der Waals surface area contributed by atoms with E-state index in [9.17, 15) is 0 Å². The molecule has 106 valence electrons. The third-order valence-electron chi connectivity index (χ3n) is 3.87. The first-order valence-electron chi connectivity index (χ1n) is 7.50. The average molecular weight is 282 g/mol. The average Bonchev–Trinajstić information content (AvgIpc) is 2.73. The van der Waals surface area contributed by atoms with Crippen LogP contribution in [-0.4, -0.2) is 11.6 Å². The smallest absolute Gasteiger partial charge is 0.213 e.